The summed E-state index contributed by atoms with van der Waals surface area (Å²) >= 11 is 0. The minimum absolute atomic E-state index is 0.478. The highest BCUT2D eigenvalue weighted by molar-refractivity contribution is 5.74. The molecule has 0 aliphatic heterocycles. The quantitative estimate of drug-likeness (QED) is 0.528. The smallest absolute Gasteiger partial charge is 0.0723 e. The molecule has 0 aliphatic carbocycles. The van der Waals surface area contributed by atoms with E-state index in [1.165, 1.54) is 27.8 Å². The molecule has 2 heteroatoms. The standard InChI is InChI=1S/C24H28N2/c1-15(2)20-8-7-9-21(16(3)4)24(20)19-10-11-22(26-14-19)23-17(5)12-13-25-18(23)6/h7-16H,1-6H3. The van der Waals surface area contributed by atoms with E-state index in [1.807, 2.05) is 25.4 Å². The molecular weight excluding hydrogens is 316 g/mol. The van der Waals surface area contributed by atoms with Gasteiger partial charge in [-0.3, -0.25) is 9.97 Å². The summed E-state index contributed by atoms with van der Waals surface area (Å²) in [6, 6.07) is 13.1. The largest absolute Gasteiger partial charge is 0.261 e. The van der Waals surface area contributed by atoms with Crippen LogP contribution in [0.3, 0.4) is 0 Å². The van der Waals surface area contributed by atoms with Gasteiger partial charge in [0.25, 0.3) is 0 Å². The number of aromatic nitrogens is 2. The second-order valence-electron chi connectivity index (χ2n) is 7.64. The first-order valence-corrected chi connectivity index (χ1v) is 9.42. The lowest BCUT2D eigenvalue weighted by Gasteiger charge is -2.20. The Morgan fingerprint density at radius 2 is 1.38 bits per heavy atom. The molecule has 134 valence electrons. The zero-order valence-corrected chi connectivity index (χ0v) is 16.7. The van der Waals surface area contributed by atoms with Crippen LogP contribution in [0, 0.1) is 13.8 Å². The molecule has 0 atom stereocenters. The molecule has 0 saturated heterocycles. The second kappa shape index (κ2) is 7.41. The molecule has 2 nitrogen and oxygen atoms in total. The summed E-state index contributed by atoms with van der Waals surface area (Å²) in [7, 11) is 0. The number of hydrogen-bond acceptors (Lipinski definition) is 2. The van der Waals surface area contributed by atoms with Crippen molar-refractivity contribution in [2.45, 2.75) is 53.4 Å². The normalized spacial score (nSPS) is 11.4. The van der Waals surface area contributed by atoms with E-state index in [1.54, 1.807) is 0 Å². The van der Waals surface area contributed by atoms with Crippen LogP contribution in [0.15, 0.2) is 48.8 Å². The van der Waals surface area contributed by atoms with Gasteiger partial charge in [-0.25, -0.2) is 0 Å². The van der Waals surface area contributed by atoms with Crippen molar-refractivity contribution in [1.82, 2.24) is 9.97 Å². The maximum Gasteiger partial charge on any atom is 0.0723 e. The lowest BCUT2D eigenvalue weighted by molar-refractivity contribution is 0.838. The fourth-order valence-electron chi connectivity index (χ4n) is 3.66. The van der Waals surface area contributed by atoms with Crippen LogP contribution < -0.4 is 0 Å². The number of hydrogen-bond donors (Lipinski definition) is 0. The van der Waals surface area contributed by atoms with Gasteiger partial charge in [-0.15, -0.1) is 0 Å². The Labute approximate surface area is 157 Å². The predicted octanol–water partition coefficient (Wildman–Crippen LogP) is 6.67. The minimum Gasteiger partial charge on any atom is -0.261 e. The highest BCUT2D eigenvalue weighted by atomic mass is 14.7. The van der Waals surface area contributed by atoms with E-state index in [4.69, 9.17) is 4.98 Å². The van der Waals surface area contributed by atoms with E-state index in [-0.39, 0.29) is 0 Å². The number of aryl methyl sites for hydroxylation is 2. The SMILES string of the molecule is Cc1ccnc(C)c1-c1ccc(-c2c(C(C)C)cccc2C(C)C)cn1. The van der Waals surface area contributed by atoms with Crippen molar-refractivity contribution >= 4 is 0 Å². The average molecular weight is 345 g/mol. The Bertz CT molecular complexity index is 859. The molecule has 0 aliphatic rings. The van der Waals surface area contributed by atoms with Crippen molar-refractivity contribution in [2.75, 3.05) is 0 Å². The second-order valence-corrected chi connectivity index (χ2v) is 7.64. The zero-order valence-electron chi connectivity index (χ0n) is 16.7. The van der Waals surface area contributed by atoms with Gasteiger partial charge in [0.1, 0.15) is 0 Å². The first-order valence-electron chi connectivity index (χ1n) is 9.42. The summed E-state index contributed by atoms with van der Waals surface area (Å²) < 4.78 is 0. The first-order chi connectivity index (χ1) is 12.4. The summed E-state index contributed by atoms with van der Waals surface area (Å²) in [4.78, 5) is 9.24. The Hall–Kier alpha value is -2.48. The summed E-state index contributed by atoms with van der Waals surface area (Å²) in [6.45, 7) is 13.2. The fraction of sp³-hybridized carbons (Fsp3) is 0.333. The first kappa shape index (κ1) is 18.3. The van der Waals surface area contributed by atoms with Crippen LogP contribution in [0.25, 0.3) is 22.4 Å². The van der Waals surface area contributed by atoms with Crippen LogP contribution in [-0.2, 0) is 0 Å². The summed E-state index contributed by atoms with van der Waals surface area (Å²) in [6.07, 6.45) is 3.88. The maximum absolute atomic E-state index is 4.81. The molecule has 0 N–H and O–H groups in total. The zero-order chi connectivity index (χ0) is 18.8. The molecule has 0 bridgehead atoms. The van der Waals surface area contributed by atoms with Gasteiger partial charge in [0, 0.05) is 29.2 Å². The summed E-state index contributed by atoms with van der Waals surface area (Å²) in [5.41, 5.74) is 9.68. The van der Waals surface area contributed by atoms with Crippen molar-refractivity contribution in [3.8, 4) is 22.4 Å². The van der Waals surface area contributed by atoms with Crippen molar-refractivity contribution in [3.63, 3.8) is 0 Å². The number of benzene rings is 1. The van der Waals surface area contributed by atoms with Gasteiger partial charge in [-0.2, -0.15) is 0 Å². The molecular formula is C24H28N2. The predicted molar refractivity (Wildman–Crippen MR) is 111 cm³/mol. The van der Waals surface area contributed by atoms with E-state index in [9.17, 15) is 0 Å². The molecule has 2 heterocycles. The van der Waals surface area contributed by atoms with E-state index in [2.05, 4.69) is 69.9 Å². The highest BCUT2D eigenvalue weighted by Gasteiger charge is 2.16. The molecule has 3 aromatic rings. The highest BCUT2D eigenvalue weighted by Crippen LogP contribution is 2.36. The monoisotopic (exact) mass is 344 g/mol. The van der Waals surface area contributed by atoms with Crippen LogP contribution in [0.4, 0.5) is 0 Å². The Morgan fingerprint density at radius 3 is 1.88 bits per heavy atom. The van der Waals surface area contributed by atoms with Gasteiger partial charge >= 0.3 is 0 Å². The lowest BCUT2D eigenvalue weighted by Crippen LogP contribution is -2.00. The molecule has 0 amide bonds. The van der Waals surface area contributed by atoms with Crippen LogP contribution in [0.5, 0.6) is 0 Å². The molecule has 0 spiro atoms. The van der Waals surface area contributed by atoms with Gasteiger partial charge in [0.2, 0.25) is 0 Å². The van der Waals surface area contributed by atoms with E-state index >= 15 is 0 Å². The molecule has 0 saturated carbocycles. The van der Waals surface area contributed by atoms with Gasteiger partial charge in [0.05, 0.1) is 5.69 Å². The molecule has 3 rings (SSSR count). The van der Waals surface area contributed by atoms with Crippen LogP contribution in [-0.4, -0.2) is 9.97 Å². The van der Waals surface area contributed by atoms with Gasteiger partial charge in [-0.05, 0) is 60.1 Å². The minimum atomic E-state index is 0.478. The van der Waals surface area contributed by atoms with Crippen molar-refractivity contribution in [3.05, 3.63) is 71.2 Å². The number of pyridine rings is 2. The summed E-state index contributed by atoms with van der Waals surface area (Å²) in [5, 5.41) is 0. The number of rotatable bonds is 4. The lowest BCUT2D eigenvalue weighted by atomic mass is 9.85. The van der Waals surface area contributed by atoms with Gasteiger partial charge < -0.3 is 0 Å². The maximum atomic E-state index is 4.81. The van der Waals surface area contributed by atoms with E-state index in [0.29, 0.717) is 11.8 Å². The molecule has 1 aromatic carbocycles. The molecule has 0 radical (unpaired) electrons. The van der Waals surface area contributed by atoms with Crippen molar-refractivity contribution in [1.29, 1.82) is 0 Å². The Kier molecular flexibility index (Phi) is 5.22. The molecule has 0 unspecified atom stereocenters. The van der Waals surface area contributed by atoms with E-state index < -0.39 is 0 Å². The average Bonchev–Trinajstić information content (AvgIpc) is 2.61. The third-order valence-electron chi connectivity index (χ3n) is 5.03. The van der Waals surface area contributed by atoms with Crippen LogP contribution >= 0.6 is 0 Å². The molecule has 0 fully saturated rings. The van der Waals surface area contributed by atoms with Crippen molar-refractivity contribution < 1.29 is 0 Å². The number of nitrogens with zero attached hydrogens (tertiary/aromatic N) is 2. The van der Waals surface area contributed by atoms with Gasteiger partial charge in [-0.1, -0.05) is 52.0 Å². The Morgan fingerprint density at radius 1 is 0.731 bits per heavy atom. The summed E-state index contributed by atoms with van der Waals surface area (Å²) in [5.74, 6) is 0.956. The Balaban J connectivity index is 2.13. The van der Waals surface area contributed by atoms with Crippen LogP contribution in [0.1, 0.15) is 61.9 Å². The third-order valence-corrected chi connectivity index (χ3v) is 5.03. The van der Waals surface area contributed by atoms with Crippen LogP contribution in [0.2, 0.25) is 0 Å². The van der Waals surface area contributed by atoms with Gasteiger partial charge in [0.15, 0.2) is 0 Å². The third kappa shape index (κ3) is 3.41. The van der Waals surface area contributed by atoms with E-state index in [0.717, 1.165) is 17.0 Å². The topological polar surface area (TPSA) is 25.8 Å². The molecule has 26 heavy (non-hydrogen) atoms. The van der Waals surface area contributed by atoms with Crippen molar-refractivity contribution in [2.24, 2.45) is 0 Å². The molecule has 2 aromatic heterocycles. The fourth-order valence-corrected chi connectivity index (χ4v) is 3.66.